The summed E-state index contributed by atoms with van der Waals surface area (Å²) in [5.41, 5.74) is 0. The molecule has 6 heteroatoms. The van der Waals surface area contributed by atoms with Gasteiger partial charge in [0.1, 0.15) is 5.76 Å². The van der Waals surface area contributed by atoms with Gasteiger partial charge in [-0.1, -0.05) is 6.92 Å². The maximum absolute atomic E-state index is 10.9. The Bertz CT molecular complexity index is 401. The van der Waals surface area contributed by atoms with Crippen molar-refractivity contribution in [2.75, 3.05) is 13.1 Å². The Kier molecular flexibility index (Phi) is 6.08. The fourth-order valence-corrected chi connectivity index (χ4v) is 1.78. The number of carboxylic acids is 2. The molecule has 1 atom stereocenters. The van der Waals surface area contributed by atoms with Gasteiger partial charge in [0.05, 0.1) is 18.7 Å². The first-order valence-corrected chi connectivity index (χ1v) is 6.18. The number of hydrogen-bond donors (Lipinski definition) is 2. The van der Waals surface area contributed by atoms with Crippen LogP contribution in [0, 0.1) is 5.92 Å². The molecule has 1 aromatic rings. The third kappa shape index (κ3) is 6.05. The first kappa shape index (κ1) is 15.2. The second-order valence-corrected chi connectivity index (χ2v) is 4.55. The summed E-state index contributed by atoms with van der Waals surface area (Å²) in [5, 5.41) is 17.5. The topological polar surface area (TPSA) is 91.0 Å². The first-order valence-electron chi connectivity index (χ1n) is 6.18. The molecule has 1 heterocycles. The third-order valence-corrected chi connectivity index (χ3v) is 2.78. The van der Waals surface area contributed by atoms with E-state index in [0.29, 0.717) is 26.1 Å². The number of carbonyl (C=O) groups is 2. The zero-order valence-electron chi connectivity index (χ0n) is 10.9. The Balaban J connectivity index is 2.51. The van der Waals surface area contributed by atoms with Gasteiger partial charge in [-0.25, -0.2) is 0 Å². The van der Waals surface area contributed by atoms with Gasteiger partial charge in [-0.3, -0.25) is 14.5 Å². The van der Waals surface area contributed by atoms with Gasteiger partial charge in [-0.15, -0.1) is 0 Å². The molecule has 19 heavy (non-hydrogen) atoms. The number of carboxylic acid groups (broad SMARTS) is 2. The highest BCUT2D eigenvalue weighted by Crippen LogP contribution is 2.10. The number of nitrogens with zero attached hydrogens (tertiary/aromatic N) is 1. The van der Waals surface area contributed by atoms with Crippen molar-refractivity contribution in [2.24, 2.45) is 5.92 Å². The van der Waals surface area contributed by atoms with Crippen molar-refractivity contribution in [3.05, 3.63) is 24.2 Å². The summed E-state index contributed by atoms with van der Waals surface area (Å²) in [5.74, 6) is -1.46. The summed E-state index contributed by atoms with van der Waals surface area (Å²) in [6, 6.07) is 3.58. The molecule has 1 aromatic heterocycles. The number of furan rings is 1. The van der Waals surface area contributed by atoms with Crippen LogP contribution in [0.2, 0.25) is 0 Å². The summed E-state index contributed by atoms with van der Waals surface area (Å²) in [4.78, 5) is 23.3. The molecule has 1 rings (SSSR count). The Morgan fingerprint density at radius 1 is 1.42 bits per heavy atom. The van der Waals surface area contributed by atoms with Crippen LogP contribution in [0.25, 0.3) is 0 Å². The lowest BCUT2D eigenvalue weighted by Gasteiger charge is -2.22. The zero-order valence-corrected chi connectivity index (χ0v) is 10.9. The van der Waals surface area contributed by atoms with E-state index in [-0.39, 0.29) is 6.42 Å². The van der Waals surface area contributed by atoms with Crippen LogP contribution in [0.4, 0.5) is 0 Å². The SMILES string of the molecule is CC(CN(CCCC(=O)O)Cc1ccco1)C(=O)O. The standard InChI is InChI=1S/C13H19NO5/c1-10(13(17)18)8-14(6-2-5-12(15)16)9-11-4-3-7-19-11/h3-4,7,10H,2,5-6,8-9H2,1H3,(H,15,16)(H,17,18). The molecule has 0 aliphatic heterocycles. The lowest BCUT2D eigenvalue weighted by molar-refractivity contribution is -0.142. The third-order valence-electron chi connectivity index (χ3n) is 2.78. The Morgan fingerprint density at radius 2 is 2.16 bits per heavy atom. The largest absolute Gasteiger partial charge is 0.481 e. The lowest BCUT2D eigenvalue weighted by Crippen LogP contribution is -2.32. The molecular formula is C13H19NO5. The monoisotopic (exact) mass is 269 g/mol. The minimum absolute atomic E-state index is 0.0795. The zero-order chi connectivity index (χ0) is 14.3. The molecule has 0 aromatic carbocycles. The van der Waals surface area contributed by atoms with Crippen LogP contribution >= 0.6 is 0 Å². The Morgan fingerprint density at radius 3 is 2.68 bits per heavy atom. The average Bonchev–Trinajstić information content (AvgIpc) is 2.80. The number of hydrogen-bond acceptors (Lipinski definition) is 4. The summed E-state index contributed by atoms with van der Waals surface area (Å²) in [7, 11) is 0. The van der Waals surface area contributed by atoms with E-state index in [9.17, 15) is 9.59 Å². The van der Waals surface area contributed by atoms with Gasteiger partial charge in [0.15, 0.2) is 0 Å². The molecule has 0 radical (unpaired) electrons. The van der Waals surface area contributed by atoms with E-state index in [1.807, 2.05) is 11.0 Å². The molecule has 0 aliphatic rings. The van der Waals surface area contributed by atoms with E-state index in [4.69, 9.17) is 14.6 Å². The second kappa shape index (κ2) is 7.58. The summed E-state index contributed by atoms with van der Waals surface area (Å²) in [6.45, 7) is 3.03. The molecule has 0 saturated carbocycles. The van der Waals surface area contributed by atoms with Gasteiger partial charge in [-0.2, -0.15) is 0 Å². The van der Waals surface area contributed by atoms with E-state index in [1.54, 1.807) is 19.3 Å². The first-order chi connectivity index (χ1) is 8.99. The van der Waals surface area contributed by atoms with Gasteiger partial charge in [0.25, 0.3) is 0 Å². The molecule has 106 valence electrons. The van der Waals surface area contributed by atoms with Crippen LogP contribution < -0.4 is 0 Å². The van der Waals surface area contributed by atoms with Crippen molar-refractivity contribution in [3.8, 4) is 0 Å². The van der Waals surface area contributed by atoms with Crippen LogP contribution in [-0.2, 0) is 16.1 Å². The van der Waals surface area contributed by atoms with Gasteiger partial charge < -0.3 is 14.6 Å². The van der Waals surface area contributed by atoms with Gasteiger partial charge >= 0.3 is 11.9 Å². The van der Waals surface area contributed by atoms with Crippen molar-refractivity contribution in [2.45, 2.75) is 26.3 Å². The van der Waals surface area contributed by atoms with Crippen molar-refractivity contribution in [1.82, 2.24) is 4.90 Å². The minimum Gasteiger partial charge on any atom is -0.481 e. The van der Waals surface area contributed by atoms with Crippen LogP contribution in [0.5, 0.6) is 0 Å². The van der Waals surface area contributed by atoms with Crippen molar-refractivity contribution in [3.63, 3.8) is 0 Å². The molecule has 0 spiro atoms. The summed E-state index contributed by atoms with van der Waals surface area (Å²) < 4.78 is 5.23. The maximum atomic E-state index is 10.9. The minimum atomic E-state index is -0.859. The van der Waals surface area contributed by atoms with Crippen LogP contribution in [0.15, 0.2) is 22.8 Å². The molecule has 0 amide bonds. The predicted octanol–water partition coefficient (Wildman–Crippen LogP) is 1.67. The van der Waals surface area contributed by atoms with Crippen molar-refractivity contribution < 1.29 is 24.2 Å². The van der Waals surface area contributed by atoms with Gasteiger partial charge in [0.2, 0.25) is 0 Å². The van der Waals surface area contributed by atoms with Gasteiger partial charge in [0, 0.05) is 13.0 Å². The Labute approximate surface area is 111 Å². The Hall–Kier alpha value is -1.82. The maximum Gasteiger partial charge on any atom is 0.307 e. The molecule has 0 bridgehead atoms. The molecule has 0 saturated heterocycles. The van der Waals surface area contributed by atoms with E-state index < -0.39 is 17.9 Å². The van der Waals surface area contributed by atoms with E-state index in [2.05, 4.69) is 0 Å². The van der Waals surface area contributed by atoms with E-state index in [0.717, 1.165) is 5.76 Å². The summed E-state index contributed by atoms with van der Waals surface area (Å²) >= 11 is 0. The predicted molar refractivity (Wildman–Crippen MR) is 67.7 cm³/mol. The second-order valence-electron chi connectivity index (χ2n) is 4.55. The number of rotatable bonds is 9. The van der Waals surface area contributed by atoms with Crippen LogP contribution in [0.1, 0.15) is 25.5 Å². The molecule has 0 aliphatic carbocycles. The molecule has 6 nitrogen and oxygen atoms in total. The highest BCUT2D eigenvalue weighted by molar-refractivity contribution is 5.69. The lowest BCUT2D eigenvalue weighted by atomic mass is 10.1. The van der Waals surface area contributed by atoms with Crippen LogP contribution in [0.3, 0.4) is 0 Å². The highest BCUT2D eigenvalue weighted by Gasteiger charge is 2.17. The molecular weight excluding hydrogens is 250 g/mol. The van der Waals surface area contributed by atoms with Gasteiger partial charge in [-0.05, 0) is 25.1 Å². The fourth-order valence-electron chi connectivity index (χ4n) is 1.78. The van der Waals surface area contributed by atoms with E-state index in [1.165, 1.54) is 0 Å². The normalized spacial score (nSPS) is 12.5. The van der Waals surface area contributed by atoms with Crippen LogP contribution in [-0.4, -0.2) is 40.1 Å². The van der Waals surface area contributed by atoms with E-state index >= 15 is 0 Å². The van der Waals surface area contributed by atoms with Crippen molar-refractivity contribution >= 4 is 11.9 Å². The molecule has 1 unspecified atom stereocenters. The quantitative estimate of drug-likeness (QED) is 0.708. The van der Waals surface area contributed by atoms with Crippen molar-refractivity contribution in [1.29, 1.82) is 0 Å². The highest BCUT2D eigenvalue weighted by atomic mass is 16.4. The summed E-state index contributed by atoms with van der Waals surface area (Å²) in [6.07, 6.45) is 2.13. The fraction of sp³-hybridized carbons (Fsp3) is 0.538. The smallest absolute Gasteiger partial charge is 0.307 e. The molecule has 2 N–H and O–H groups in total. The molecule has 0 fully saturated rings. The average molecular weight is 269 g/mol. The number of aliphatic carboxylic acids is 2.